The molecule has 0 saturated carbocycles. The fourth-order valence-corrected chi connectivity index (χ4v) is 1.93. The van der Waals surface area contributed by atoms with Crippen LogP contribution in [0.25, 0.3) is 0 Å². The summed E-state index contributed by atoms with van der Waals surface area (Å²) in [6, 6.07) is 14.9. The van der Waals surface area contributed by atoms with Crippen LogP contribution in [0, 0.1) is 15.3 Å². The molecule has 0 spiro atoms. The Kier molecular flexibility index (Phi) is 7.13. The Hall–Kier alpha value is -2.08. The zero-order valence-corrected chi connectivity index (χ0v) is 11.8. The Balaban J connectivity index is 0.000000444. The predicted molar refractivity (Wildman–Crippen MR) is 80.1 cm³/mol. The second kappa shape index (κ2) is 8.92. The van der Waals surface area contributed by atoms with Gasteiger partial charge < -0.3 is 15.3 Å². The third kappa shape index (κ3) is 6.75. The van der Waals surface area contributed by atoms with Gasteiger partial charge in [0.1, 0.15) is 0 Å². The van der Waals surface area contributed by atoms with Gasteiger partial charge in [-0.3, -0.25) is 0 Å². The van der Waals surface area contributed by atoms with E-state index in [-0.39, 0.29) is 0 Å². The molecule has 1 heterocycles. The van der Waals surface area contributed by atoms with E-state index in [0.29, 0.717) is 0 Å². The Morgan fingerprint density at radius 3 is 2.00 bits per heavy atom. The fourth-order valence-electron chi connectivity index (χ4n) is 1.70. The summed E-state index contributed by atoms with van der Waals surface area (Å²) < 4.78 is 2.15. The summed E-state index contributed by atoms with van der Waals surface area (Å²) in [5, 5.41) is 14.8. The van der Waals surface area contributed by atoms with Crippen molar-refractivity contribution in [3.63, 3.8) is 0 Å². The quantitative estimate of drug-likeness (QED) is 0.407. The molecule has 20 heavy (non-hydrogen) atoms. The first-order chi connectivity index (χ1) is 9.61. The minimum Gasteiger partial charge on any atom is -0.356 e. The van der Waals surface area contributed by atoms with Crippen LogP contribution in [-0.4, -0.2) is 10.8 Å². The lowest BCUT2D eigenvalue weighted by molar-refractivity contribution is -0.692. The smallest absolute Gasteiger partial charge is 0.169 e. The number of rotatable bonds is 4. The van der Waals surface area contributed by atoms with Crippen molar-refractivity contribution in [2.45, 2.75) is 13.0 Å². The standard InChI is InChI=1S/C14H15NS.NO3/c16-11-10-15-8-6-14(7-9-15)12-13-4-2-1-3-5-13;2-1(3)4/h1-9H,10-12H2;/q;-1/p+1. The molecule has 5 nitrogen and oxygen atoms in total. The van der Waals surface area contributed by atoms with Gasteiger partial charge in [0.15, 0.2) is 18.9 Å². The van der Waals surface area contributed by atoms with Crippen molar-refractivity contribution in [3.05, 3.63) is 81.3 Å². The molecule has 106 valence electrons. The van der Waals surface area contributed by atoms with Crippen molar-refractivity contribution in [1.29, 1.82) is 0 Å². The van der Waals surface area contributed by atoms with E-state index in [2.05, 4.69) is 72.1 Å². The van der Waals surface area contributed by atoms with Gasteiger partial charge in [-0.15, -0.1) is 0 Å². The number of hydrogen-bond donors (Lipinski definition) is 1. The van der Waals surface area contributed by atoms with Gasteiger partial charge in [0.25, 0.3) is 0 Å². The van der Waals surface area contributed by atoms with Gasteiger partial charge in [0.05, 0.1) is 5.09 Å². The van der Waals surface area contributed by atoms with Crippen LogP contribution in [0.1, 0.15) is 11.1 Å². The number of hydrogen-bond acceptors (Lipinski definition) is 4. The number of benzene rings is 1. The summed E-state index contributed by atoms with van der Waals surface area (Å²) in [5.41, 5.74) is 2.70. The molecule has 6 heteroatoms. The second-order valence-electron chi connectivity index (χ2n) is 4.05. The van der Waals surface area contributed by atoms with E-state index in [9.17, 15) is 0 Å². The minimum atomic E-state index is -1.75. The molecule has 0 saturated heterocycles. The second-order valence-corrected chi connectivity index (χ2v) is 4.50. The van der Waals surface area contributed by atoms with Crippen LogP contribution >= 0.6 is 12.6 Å². The van der Waals surface area contributed by atoms with Crippen molar-refractivity contribution < 1.29 is 9.65 Å². The average Bonchev–Trinajstić information content (AvgIpc) is 2.42. The zero-order chi connectivity index (χ0) is 14.8. The van der Waals surface area contributed by atoms with Crippen molar-refractivity contribution in [2.24, 2.45) is 0 Å². The van der Waals surface area contributed by atoms with Crippen molar-refractivity contribution in [2.75, 3.05) is 5.75 Å². The van der Waals surface area contributed by atoms with Gasteiger partial charge in [-0.1, -0.05) is 30.3 Å². The summed E-state index contributed by atoms with van der Waals surface area (Å²) in [4.78, 5) is 8.25. The van der Waals surface area contributed by atoms with E-state index < -0.39 is 5.09 Å². The van der Waals surface area contributed by atoms with Crippen LogP contribution in [0.4, 0.5) is 0 Å². The highest BCUT2D eigenvalue weighted by molar-refractivity contribution is 7.80. The highest BCUT2D eigenvalue weighted by Gasteiger charge is 2.00. The van der Waals surface area contributed by atoms with Crippen molar-refractivity contribution in [1.82, 2.24) is 0 Å². The Labute approximate surface area is 123 Å². The number of thiol groups is 1. The third-order valence-electron chi connectivity index (χ3n) is 2.57. The molecule has 0 bridgehead atoms. The average molecular weight is 292 g/mol. The Morgan fingerprint density at radius 2 is 1.50 bits per heavy atom. The maximum absolute atomic E-state index is 8.25. The molecule has 0 unspecified atom stereocenters. The number of pyridine rings is 1. The first-order valence-corrected chi connectivity index (χ1v) is 6.69. The molecular weight excluding hydrogens is 276 g/mol. The lowest BCUT2D eigenvalue weighted by atomic mass is 10.1. The summed E-state index contributed by atoms with van der Waals surface area (Å²) in [6.45, 7) is 0.967. The highest BCUT2D eigenvalue weighted by atomic mass is 32.1. The molecule has 0 N–H and O–H groups in total. The van der Waals surface area contributed by atoms with Crippen molar-refractivity contribution in [3.8, 4) is 0 Å². The van der Waals surface area contributed by atoms with Gasteiger partial charge >= 0.3 is 0 Å². The molecule has 1 aromatic heterocycles. The SMILES string of the molecule is O=[N+]([O-])[O-].SCC[n+]1ccc(Cc2ccccc2)cc1. The van der Waals surface area contributed by atoms with Gasteiger partial charge in [-0.05, 0) is 17.5 Å². The molecule has 2 rings (SSSR count). The summed E-state index contributed by atoms with van der Waals surface area (Å²) >= 11 is 4.22. The molecule has 0 amide bonds. The summed E-state index contributed by atoms with van der Waals surface area (Å²) in [7, 11) is 0. The Bertz CT molecular complexity index is 514. The molecule has 0 fully saturated rings. The Morgan fingerprint density at radius 1 is 1.00 bits per heavy atom. The van der Waals surface area contributed by atoms with Crippen LogP contribution in [0.2, 0.25) is 0 Å². The number of aryl methyl sites for hydroxylation is 1. The van der Waals surface area contributed by atoms with E-state index in [1.165, 1.54) is 11.1 Å². The molecule has 2 aromatic rings. The van der Waals surface area contributed by atoms with Crippen LogP contribution in [0.3, 0.4) is 0 Å². The first-order valence-electron chi connectivity index (χ1n) is 6.06. The molecule has 0 aliphatic carbocycles. The largest absolute Gasteiger partial charge is 0.356 e. The van der Waals surface area contributed by atoms with Crippen LogP contribution in [0.15, 0.2) is 54.9 Å². The molecule has 0 atom stereocenters. The molecule has 0 aliphatic heterocycles. The van der Waals surface area contributed by atoms with Gasteiger partial charge in [0, 0.05) is 17.9 Å². The molecule has 0 radical (unpaired) electrons. The van der Waals surface area contributed by atoms with E-state index in [0.717, 1.165) is 18.7 Å². The van der Waals surface area contributed by atoms with Gasteiger partial charge in [-0.25, -0.2) is 4.57 Å². The normalized spacial score (nSPS) is 9.45. The van der Waals surface area contributed by atoms with Gasteiger partial charge in [-0.2, -0.15) is 12.6 Å². The zero-order valence-electron chi connectivity index (χ0n) is 10.9. The predicted octanol–water partition coefficient (Wildman–Crippen LogP) is 2.26. The van der Waals surface area contributed by atoms with E-state index in [4.69, 9.17) is 15.3 Å². The number of aromatic nitrogens is 1. The van der Waals surface area contributed by atoms with Gasteiger partial charge in [0.2, 0.25) is 0 Å². The minimum absolute atomic E-state index is 0.878. The van der Waals surface area contributed by atoms with Crippen LogP contribution < -0.4 is 4.57 Å². The maximum Gasteiger partial charge on any atom is 0.169 e. The van der Waals surface area contributed by atoms with E-state index in [1.54, 1.807) is 0 Å². The number of nitrogens with zero attached hydrogens (tertiary/aromatic N) is 2. The molecular formula is C14H16N2O3S. The van der Waals surface area contributed by atoms with E-state index >= 15 is 0 Å². The summed E-state index contributed by atoms with van der Waals surface area (Å²) in [5.74, 6) is 0.878. The molecule has 0 aliphatic rings. The molecule has 1 aromatic carbocycles. The third-order valence-corrected chi connectivity index (χ3v) is 2.77. The van der Waals surface area contributed by atoms with Crippen LogP contribution in [-0.2, 0) is 13.0 Å². The summed E-state index contributed by atoms with van der Waals surface area (Å²) in [6.07, 6.45) is 5.24. The first kappa shape index (κ1) is 16.0. The van der Waals surface area contributed by atoms with Crippen molar-refractivity contribution >= 4 is 12.6 Å². The topological polar surface area (TPSA) is 70.1 Å². The van der Waals surface area contributed by atoms with Crippen LogP contribution in [0.5, 0.6) is 0 Å². The van der Waals surface area contributed by atoms with E-state index in [1.807, 2.05) is 0 Å². The maximum atomic E-state index is 8.25. The lowest BCUT2D eigenvalue weighted by Crippen LogP contribution is -2.33. The monoisotopic (exact) mass is 292 g/mol. The fraction of sp³-hybridized carbons (Fsp3) is 0.214. The highest BCUT2D eigenvalue weighted by Crippen LogP contribution is 2.06. The lowest BCUT2D eigenvalue weighted by Gasteiger charge is -2.00.